The lowest BCUT2D eigenvalue weighted by Crippen LogP contribution is -2.22. The van der Waals surface area contributed by atoms with Gasteiger partial charge in [-0.15, -0.1) is 0 Å². The molecule has 3 N–H and O–H groups in total. The van der Waals surface area contributed by atoms with E-state index < -0.39 is 0 Å². The van der Waals surface area contributed by atoms with Crippen molar-refractivity contribution in [3.63, 3.8) is 0 Å². The number of hydrogen-bond acceptors (Lipinski definition) is 2. The zero-order valence-electron chi connectivity index (χ0n) is 7.19. The summed E-state index contributed by atoms with van der Waals surface area (Å²) in [5, 5.41) is 3.10. The summed E-state index contributed by atoms with van der Waals surface area (Å²) in [6.45, 7) is 1.96. The second-order valence-corrected chi connectivity index (χ2v) is 3.47. The molecule has 0 radical (unpaired) electrons. The van der Waals surface area contributed by atoms with Crippen LogP contribution in [0.1, 0.15) is 5.56 Å². The highest BCUT2D eigenvalue weighted by molar-refractivity contribution is 9.10. The molecule has 0 aliphatic carbocycles. The highest BCUT2D eigenvalue weighted by Gasteiger charge is 2.03. The van der Waals surface area contributed by atoms with E-state index in [9.17, 15) is 4.39 Å². The first-order valence-electron chi connectivity index (χ1n) is 4.09. The van der Waals surface area contributed by atoms with E-state index in [0.717, 1.165) is 12.1 Å². The van der Waals surface area contributed by atoms with Crippen molar-refractivity contribution in [1.82, 2.24) is 5.32 Å². The topological polar surface area (TPSA) is 38.0 Å². The van der Waals surface area contributed by atoms with Gasteiger partial charge in [-0.2, -0.15) is 0 Å². The van der Waals surface area contributed by atoms with Gasteiger partial charge in [0.2, 0.25) is 0 Å². The van der Waals surface area contributed by atoms with E-state index in [1.807, 2.05) is 6.07 Å². The van der Waals surface area contributed by atoms with E-state index in [0.29, 0.717) is 17.6 Å². The normalized spacial score (nSPS) is 10.4. The van der Waals surface area contributed by atoms with Gasteiger partial charge in [-0.25, -0.2) is 4.39 Å². The Labute approximate surface area is 85.4 Å². The third kappa shape index (κ3) is 3.06. The molecule has 72 valence electrons. The number of benzene rings is 1. The second-order valence-electron chi connectivity index (χ2n) is 2.68. The maximum Gasteiger partial charge on any atom is 0.137 e. The fourth-order valence-electron chi connectivity index (χ4n) is 1.01. The van der Waals surface area contributed by atoms with Crippen molar-refractivity contribution in [2.45, 2.75) is 6.54 Å². The van der Waals surface area contributed by atoms with Crippen molar-refractivity contribution < 1.29 is 4.39 Å². The van der Waals surface area contributed by atoms with Crippen molar-refractivity contribution in [3.05, 3.63) is 34.1 Å². The maximum atomic E-state index is 13.0. The molecular formula is C9H12BrFN2. The van der Waals surface area contributed by atoms with Gasteiger partial charge < -0.3 is 11.1 Å². The van der Waals surface area contributed by atoms with Crippen LogP contribution in [-0.2, 0) is 6.54 Å². The predicted octanol–water partition coefficient (Wildman–Crippen LogP) is 1.64. The summed E-state index contributed by atoms with van der Waals surface area (Å²) in [6, 6.07) is 4.99. The fraction of sp³-hybridized carbons (Fsp3) is 0.333. The van der Waals surface area contributed by atoms with Gasteiger partial charge in [0.15, 0.2) is 0 Å². The number of rotatable bonds is 4. The molecule has 1 aromatic rings. The second kappa shape index (κ2) is 5.32. The highest BCUT2D eigenvalue weighted by atomic mass is 79.9. The summed E-state index contributed by atoms with van der Waals surface area (Å²) >= 11 is 3.19. The number of nitrogens with two attached hydrogens (primary N) is 1. The van der Waals surface area contributed by atoms with E-state index in [1.54, 1.807) is 6.07 Å². The van der Waals surface area contributed by atoms with Crippen LogP contribution in [-0.4, -0.2) is 13.1 Å². The summed E-state index contributed by atoms with van der Waals surface area (Å²) in [5.41, 5.74) is 6.22. The zero-order valence-corrected chi connectivity index (χ0v) is 8.77. The van der Waals surface area contributed by atoms with Crippen molar-refractivity contribution >= 4 is 15.9 Å². The smallest absolute Gasteiger partial charge is 0.137 e. The Balaban J connectivity index is 2.61. The van der Waals surface area contributed by atoms with Gasteiger partial charge in [0, 0.05) is 19.6 Å². The van der Waals surface area contributed by atoms with Crippen LogP contribution in [0.15, 0.2) is 22.7 Å². The average Bonchev–Trinajstić information content (AvgIpc) is 2.13. The lowest BCUT2D eigenvalue weighted by atomic mass is 10.2. The van der Waals surface area contributed by atoms with Crippen LogP contribution >= 0.6 is 15.9 Å². The third-order valence-electron chi connectivity index (χ3n) is 1.67. The largest absolute Gasteiger partial charge is 0.329 e. The fourth-order valence-corrected chi connectivity index (χ4v) is 1.41. The van der Waals surface area contributed by atoms with Crippen molar-refractivity contribution in [1.29, 1.82) is 0 Å². The lowest BCUT2D eigenvalue weighted by Gasteiger charge is -2.05. The van der Waals surface area contributed by atoms with E-state index >= 15 is 0 Å². The number of hydrogen-bond donors (Lipinski definition) is 2. The van der Waals surface area contributed by atoms with Crippen molar-refractivity contribution in [2.75, 3.05) is 13.1 Å². The molecule has 0 bridgehead atoms. The van der Waals surface area contributed by atoms with E-state index in [-0.39, 0.29) is 5.82 Å². The molecule has 2 nitrogen and oxygen atoms in total. The summed E-state index contributed by atoms with van der Waals surface area (Å²) < 4.78 is 13.5. The van der Waals surface area contributed by atoms with Gasteiger partial charge in [0.25, 0.3) is 0 Å². The van der Waals surface area contributed by atoms with Crippen LogP contribution < -0.4 is 11.1 Å². The van der Waals surface area contributed by atoms with Crippen LogP contribution in [0.4, 0.5) is 4.39 Å². The van der Waals surface area contributed by atoms with Crippen molar-refractivity contribution in [2.24, 2.45) is 5.73 Å². The lowest BCUT2D eigenvalue weighted by molar-refractivity contribution is 0.613. The first-order chi connectivity index (χ1) is 6.25. The molecule has 0 aliphatic heterocycles. The Morgan fingerprint density at radius 1 is 1.46 bits per heavy atom. The molecule has 0 saturated carbocycles. The Morgan fingerprint density at radius 3 is 2.92 bits per heavy atom. The summed E-state index contributed by atoms with van der Waals surface area (Å²) in [5.74, 6) is -0.230. The van der Waals surface area contributed by atoms with E-state index in [1.165, 1.54) is 6.07 Å². The first kappa shape index (κ1) is 10.6. The van der Waals surface area contributed by atoms with Crippen molar-refractivity contribution in [3.8, 4) is 0 Å². The first-order valence-corrected chi connectivity index (χ1v) is 4.88. The Bertz CT molecular complexity index is 278. The van der Waals surface area contributed by atoms with Crippen LogP contribution in [0.5, 0.6) is 0 Å². The van der Waals surface area contributed by atoms with Gasteiger partial charge >= 0.3 is 0 Å². The van der Waals surface area contributed by atoms with Gasteiger partial charge in [-0.3, -0.25) is 0 Å². The summed E-state index contributed by atoms with van der Waals surface area (Å²) in [7, 11) is 0. The minimum atomic E-state index is -0.230. The quantitative estimate of drug-likeness (QED) is 0.794. The highest BCUT2D eigenvalue weighted by Crippen LogP contribution is 2.19. The van der Waals surface area contributed by atoms with Crippen LogP contribution in [0.2, 0.25) is 0 Å². The Morgan fingerprint density at radius 2 is 2.23 bits per heavy atom. The molecule has 0 fully saturated rings. The molecule has 0 heterocycles. The van der Waals surface area contributed by atoms with E-state index in [2.05, 4.69) is 21.2 Å². The molecule has 1 rings (SSSR count). The standard InChI is InChI=1S/C9H12BrFN2/c10-9-7(6-13-5-4-12)2-1-3-8(9)11/h1-3,13H,4-6,12H2. The molecule has 0 unspecified atom stereocenters. The van der Waals surface area contributed by atoms with Gasteiger partial charge in [0.1, 0.15) is 5.82 Å². The minimum Gasteiger partial charge on any atom is -0.329 e. The number of nitrogens with one attached hydrogen (secondary N) is 1. The number of halogens is 2. The third-order valence-corrected chi connectivity index (χ3v) is 2.56. The predicted molar refractivity (Wildman–Crippen MR) is 54.9 cm³/mol. The molecule has 0 spiro atoms. The van der Waals surface area contributed by atoms with E-state index in [4.69, 9.17) is 5.73 Å². The summed E-state index contributed by atoms with van der Waals surface area (Å²) in [6.07, 6.45) is 0. The van der Waals surface area contributed by atoms with Crippen LogP contribution in [0, 0.1) is 5.82 Å². The molecule has 13 heavy (non-hydrogen) atoms. The molecule has 1 aromatic carbocycles. The van der Waals surface area contributed by atoms with Gasteiger partial charge in [0.05, 0.1) is 4.47 Å². The van der Waals surface area contributed by atoms with Crippen LogP contribution in [0.25, 0.3) is 0 Å². The maximum absolute atomic E-state index is 13.0. The average molecular weight is 247 g/mol. The minimum absolute atomic E-state index is 0.230. The Kier molecular flexibility index (Phi) is 4.35. The zero-order chi connectivity index (χ0) is 9.68. The Hall–Kier alpha value is -0.450. The summed E-state index contributed by atoms with van der Waals surface area (Å²) in [4.78, 5) is 0. The molecule has 0 saturated heterocycles. The van der Waals surface area contributed by atoms with Crippen LogP contribution in [0.3, 0.4) is 0 Å². The monoisotopic (exact) mass is 246 g/mol. The molecule has 0 aromatic heterocycles. The van der Waals surface area contributed by atoms with Gasteiger partial charge in [-0.05, 0) is 27.6 Å². The molecule has 0 amide bonds. The van der Waals surface area contributed by atoms with Gasteiger partial charge in [-0.1, -0.05) is 12.1 Å². The molecule has 4 heteroatoms. The SMILES string of the molecule is NCCNCc1cccc(F)c1Br. The molecule has 0 aliphatic rings. The molecule has 0 atom stereocenters. The molecular weight excluding hydrogens is 235 g/mol.